The molecule has 3 heterocycles. The first-order valence-electron chi connectivity index (χ1n) is 5.73. The number of hydrogen-bond acceptors (Lipinski definition) is 6. The third kappa shape index (κ3) is 1.78. The van der Waals surface area contributed by atoms with E-state index in [1.165, 1.54) is 0 Å². The highest BCUT2D eigenvalue weighted by molar-refractivity contribution is 5.84. The molecular formula is C10H15N7. The molecule has 0 aromatic carbocycles. The number of fused-ring (bicyclic) bond motifs is 1. The third-order valence-electron chi connectivity index (χ3n) is 2.91. The summed E-state index contributed by atoms with van der Waals surface area (Å²) in [7, 11) is 1.81. The van der Waals surface area contributed by atoms with Crippen LogP contribution in [0.2, 0.25) is 0 Å². The number of anilines is 2. The first-order valence-corrected chi connectivity index (χ1v) is 5.73. The zero-order chi connectivity index (χ0) is 11.7. The molecule has 0 atom stereocenters. The van der Waals surface area contributed by atoms with Gasteiger partial charge in [0.2, 0.25) is 5.95 Å². The highest BCUT2D eigenvalue weighted by atomic mass is 15.3. The maximum Gasteiger partial charge on any atom is 0.226 e. The van der Waals surface area contributed by atoms with E-state index in [4.69, 9.17) is 0 Å². The summed E-state index contributed by atoms with van der Waals surface area (Å²) in [5.41, 5.74) is 1.61. The van der Waals surface area contributed by atoms with Gasteiger partial charge in [-0.15, -0.1) is 0 Å². The van der Waals surface area contributed by atoms with E-state index in [1.54, 1.807) is 6.33 Å². The van der Waals surface area contributed by atoms with Gasteiger partial charge in [0.1, 0.15) is 5.52 Å². The molecule has 1 aliphatic heterocycles. The highest BCUT2D eigenvalue weighted by Gasteiger charge is 2.17. The first kappa shape index (κ1) is 10.3. The van der Waals surface area contributed by atoms with E-state index in [-0.39, 0.29) is 0 Å². The van der Waals surface area contributed by atoms with Crippen molar-refractivity contribution in [2.45, 2.75) is 0 Å². The van der Waals surface area contributed by atoms with Gasteiger partial charge < -0.3 is 20.5 Å². The lowest BCUT2D eigenvalue weighted by Crippen LogP contribution is -2.44. The quantitative estimate of drug-likeness (QED) is 0.666. The predicted octanol–water partition coefficient (Wildman–Crippen LogP) is -0.196. The summed E-state index contributed by atoms with van der Waals surface area (Å²) in [5, 5.41) is 6.30. The molecule has 1 saturated heterocycles. The zero-order valence-corrected chi connectivity index (χ0v) is 9.69. The van der Waals surface area contributed by atoms with Crippen molar-refractivity contribution in [2.75, 3.05) is 43.4 Å². The van der Waals surface area contributed by atoms with Crippen LogP contribution in [0, 0.1) is 0 Å². The van der Waals surface area contributed by atoms with Crippen LogP contribution in [-0.2, 0) is 0 Å². The van der Waals surface area contributed by atoms with Gasteiger partial charge in [-0.1, -0.05) is 0 Å². The van der Waals surface area contributed by atoms with Gasteiger partial charge in [-0.05, 0) is 0 Å². The molecule has 0 spiro atoms. The van der Waals surface area contributed by atoms with Crippen molar-refractivity contribution in [1.29, 1.82) is 0 Å². The van der Waals surface area contributed by atoms with Crippen molar-refractivity contribution in [1.82, 2.24) is 25.3 Å². The number of piperazine rings is 1. The molecule has 1 fully saturated rings. The third-order valence-corrected chi connectivity index (χ3v) is 2.91. The second-order valence-corrected chi connectivity index (χ2v) is 3.96. The molecule has 2 aromatic rings. The van der Waals surface area contributed by atoms with Gasteiger partial charge in [0.05, 0.1) is 6.33 Å². The van der Waals surface area contributed by atoms with Crippen molar-refractivity contribution in [3.05, 3.63) is 6.33 Å². The molecule has 3 N–H and O–H groups in total. The molecule has 90 valence electrons. The lowest BCUT2D eigenvalue weighted by molar-refractivity contribution is 0.586. The smallest absolute Gasteiger partial charge is 0.226 e. The number of nitrogens with one attached hydrogen (secondary N) is 3. The Morgan fingerprint density at radius 3 is 2.88 bits per heavy atom. The van der Waals surface area contributed by atoms with E-state index >= 15 is 0 Å². The van der Waals surface area contributed by atoms with Gasteiger partial charge in [0, 0.05) is 33.2 Å². The zero-order valence-electron chi connectivity index (χ0n) is 9.69. The summed E-state index contributed by atoms with van der Waals surface area (Å²) >= 11 is 0. The fraction of sp³-hybridized carbons (Fsp3) is 0.500. The highest BCUT2D eigenvalue weighted by Crippen LogP contribution is 2.22. The summed E-state index contributed by atoms with van der Waals surface area (Å²) < 4.78 is 0. The van der Waals surface area contributed by atoms with Crippen molar-refractivity contribution in [3.63, 3.8) is 0 Å². The molecule has 7 heteroatoms. The van der Waals surface area contributed by atoms with Crippen molar-refractivity contribution >= 4 is 22.9 Å². The van der Waals surface area contributed by atoms with Crippen LogP contribution < -0.4 is 15.5 Å². The molecular weight excluding hydrogens is 218 g/mol. The average Bonchev–Trinajstić information content (AvgIpc) is 2.86. The molecule has 0 amide bonds. The van der Waals surface area contributed by atoms with Gasteiger partial charge in [0.15, 0.2) is 11.5 Å². The van der Waals surface area contributed by atoms with Gasteiger partial charge >= 0.3 is 0 Å². The summed E-state index contributed by atoms with van der Waals surface area (Å²) in [6.45, 7) is 3.87. The number of aromatic amines is 1. The van der Waals surface area contributed by atoms with Crippen LogP contribution >= 0.6 is 0 Å². The Hall–Kier alpha value is -1.89. The Kier molecular flexibility index (Phi) is 2.52. The Bertz CT molecular complexity index is 514. The first-order chi connectivity index (χ1) is 8.38. The number of imidazole rings is 1. The summed E-state index contributed by atoms with van der Waals surface area (Å²) in [5.74, 6) is 1.54. The Morgan fingerprint density at radius 1 is 1.29 bits per heavy atom. The van der Waals surface area contributed by atoms with Crippen LogP contribution in [0.1, 0.15) is 0 Å². The minimum atomic E-state index is 0.609. The second-order valence-electron chi connectivity index (χ2n) is 3.96. The molecule has 0 radical (unpaired) electrons. The maximum absolute atomic E-state index is 4.52. The van der Waals surface area contributed by atoms with Crippen LogP contribution in [0.3, 0.4) is 0 Å². The minimum absolute atomic E-state index is 0.609. The fourth-order valence-electron chi connectivity index (χ4n) is 2.04. The monoisotopic (exact) mass is 233 g/mol. The van der Waals surface area contributed by atoms with E-state index in [9.17, 15) is 0 Å². The summed E-state index contributed by atoms with van der Waals surface area (Å²) in [6.07, 6.45) is 1.66. The topological polar surface area (TPSA) is 81.8 Å². The standard InChI is InChI=1S/C10H15N7/c1-11-10-15-8-7(13-6-14-8)9(16-10)17-4-2-12-3-5-17/h6,12H,2-5H2,1H3,(H2,11,13,14,15,16). The van der Waals surface area contributed by atoms with E-state index in [2.05, 4.69) is 35.5 Å². The lowest BCUT2D eigenvalue weighted by Gasteiger charge is -2.28. The molecule has 1 aliphatic rings. The van der Waals surface area contributed by atoms with Crippen LogP contribution in [0.15, 0.2) is 6.33 Å². The second kappa shape index (κ2) is 4.17. The molecule has 17 heavy (non-hydrogen) atoms. The number of rotatable bonds is 2. The van der Waals surface area contributed by atoms with Gasteiger partial charge in [-0.3, -0.25) is 0 Å². The number of nitrogens with zero attached hydrogens (tertiary/aromatic N) is 4. The van der Waals surface area contributed by atoms with E-state index in [0.29, 0.717) is 11.6 Å². The molecule has 2 aromatic heterocycles. The van der Waals surface area contributed by atoms with Gasteiger partial charge in [0.25, 0.3) is 0 Å². The molecule has 7 nitrogen and oxygen atoms in total. The number of H-pyrrole nitrogens is 1. The normalized spacial score (nSPS) is 16.4. The number of hydrogen-bond donors (Lipinski definition) is 3. The van der Waals surface area contributed by atoms with E-state index in [0.717, 1.165) is 37.5 Å². The maximum atomic E-state index is 4.52. The van der Waals surface area contributed by atoms with Crippen LogP contribution in [-0.4, -0.2) is 53.2 Å². The molecule has 0 unspecified atom stereocenters. The summed E-state index contributed by atoms with van der Waals surface area (Å²) in [4.78, 5) is 18.4. The van der Waals surface area contributed by atoms with Crippen molar-refractivity contribution < 1.29 is 0 Å². The fourth-order valence-corrected chi connectivity index (χ4v) is 2.04. The van der Waals surface area contributed by atoms with Gasteiger partial charge in [-0.25, -0.2) is 4.98 Å². The molecule has 0 aliphatic carbocycles. The molecule has 0 bridgehead atoms. The Balaban J connectivity index is 2.08. The predicted molar refractivity (Wildman–Crippen MR) is 66.3 cm³/mol. The largest absolute Gasteiger partial charge is 0.357 e. The average molecular weight is 233 g/mol. The van der Waals surface area contributed by atoms with Crippen LogP contribution in [0.25, 0.3) is 11.2 Å². The molecule has 0 saturated carbocycles. The van der Waals surface area contributed by atoms with Crippen molar-refractivity contribution in [2.24, 2.45) is 0 Å². The molecule has 3 rings (SSSR count). The Morgan fingerprint density at radius 2 is 2.12 bits per heavy atom. The lowest BCUT2D eigenvalue weighted by atomic mass is 10.3. The summed E-state index contributed by atoms with van der Waals surface area (Å²) in [6, 6.07) is 0. The van der Waals surface area contributed by atoms with Crippen LogP contribution in [0.5, 0.6) is 0 Å². The minimum Gasteiger partial charge on any atom is -0.357 e. The number of aromatic nitrogens is 4. The Labute approximate surface area is 98.7 Å². The van der Waals surface area contributed by atoms with Crippen LogP contribution in [0.4, 0.5) is 11.8 Å². The SMILES string of the molecule is CNc1nc(N2CCNCC2)c2[nH]cnc2n1. The van der Waals surface area contributed by atoms with E-state index in [1.807, 2.05) is 7.05 Å². The van der Waals surface area contributed by atoms with Crippen molar-refractivity contribution in [3.8, 4) is 0 Å². The van der Waals surface area contributed by atoms with E-state index < -0.39 is 0 Å². The van der Waals surface area contributed by atoms with Gasteiger partial charge in [-0.2, -0.15) is 9.97 Å².